The van der Waals surface area contributed by atoms with E-state index in [0.29, 0.717) is 29.0 Å². The Labute approximate surface area is 163 Å². The van der Waals surface area contributed by atoms with Gasteiger partial charge in [0.05, 0.1) is 17.0 Å². The molecule has 146 valence electrons. The second kappa shape index (κ2) is 8.27. The number of rotatable bonds is 9. The third-order valence-corrected chi connectivity index (χ3v) is 6.77. The maximum Gasteiger partial charge on any atom is 0.310 e. The fourth-order valence-electron chi connectivity index (χ4n) is 2.65. The van der Waals surface area contributed by atoms with Crippen molar-refractivity contribution >= 4 is 31.9 Å². The molecular formula is C18H26BrNO5S. The number of benzene rings is 1. The molecule has 0 bridgehead atoms. The summed E-state index contributed by atoms with van der Waals surface area (Å²) in [6.45, 7) is 4.34. The van der Waals surface area contributed by atoms with Crippen LogP contribution >= 0.6 is 15.9 Å². The lowest BCUT2D eigenvalue weighted by Gasteiger charge is -2.21. The molecule has 0 aromatic heterocycles. The van der Waals surface area contributed by atoms with Crippen LogP contribution in [0, 0.1) is 11.8 Å². The van der Waals surface area contributed by atoms with Crippen molar-refractivity contribution < 1.29 is 23.1 Å². The first-order valence-corrected chi connectivity index (χ1v) is 10.9. The van der Waals surface area contributed by atoms with E-state index in [1.54, 1.807) is 6.07 Å². The van der Waals surface area contributed by atoms with Crippen LogP contribution in [0.5, 0.6) is 5.75 Å². The number of hydrogen-bond donors (Lipinski definition) is 1. The van der Waals surface area contributed by atoms with Gasteiger partial charge in [-0.05, 0) is 64.7 Å². The predicted molar refractivity (Wildman–Crippen MR) is 103 cm³/mol. The zero-order valence-electron chi connectivity index (χ0n) is 15.5. The van der Waals surface area contributed by atoms with Crippen molar-refractivity contribution in [3.8, 4) is 5.75 Å². The van der Waals surface area contributed by atoms with Gasteiger partial charge in [0.1, 0.15) is 4.90 Å². The number of sulfonamides is 1. The molecule has 26 heavy (non-hydrogen) atoms. The lowest BCUT2D eigenvalue weighted by Crippen LogP contribution is -2.24. The number of nitrogens with zero attached hydrogens (tertiary/aromatic N) is 1. The van der Waals surface area contributed by atoms with Gasteiger partial charge in [-0.3, -0.25) is 4.79 Å². The van der Waals surface area contributed by atoms with Crippen LogP contribution < -0.4 is 4.74 Å². The van der Waals surface area contributed by atoms with Crippen LogP contribution in [0.25, 0.3) is 0 Å². The van der Waals surface area contributed by atoms with E-state index in [1.165, 1.54) is 20.2 Å². The second-order valence-electron chi connectivity index (χ2n) is 7.39. The summed E-state index contributed by atoms with van der Waals surface area (Å²) < 4.78 is 33.0. The van der Waals surface area contributed by atoms with Crippen LogP contribution in [0.4, 0.5) is 0 Å². The topological polar surface area (TPSA) is 83.9 Å². The van der Waals surface area contributed by atoms with E-state index in [2.05, 4.69) is 15.9 Å². The van der Waals surface area contributed by atoms with Crippen molar-refractivity contribution in [3.63, 3.8) is 0 Å². The van der Waals surface area contributed by atoms with Crippen molar-refractivity contribution in [1.29, 1.82) is 0 Å². The highest BCUT2D eigenvalue weighted by Gasteiger charge is 2.30. The Morgan fingerprint density at radius 2 is 1.96 bits per heavy atom. The van der Waals surface area contributed by atoms with Crippen molar-refractivity contribution in [2.24, 2.45) is 11.8 Å². The van der Waals surface area contributed by atoms with Crippen molar-refractivity contribution in [2.75, 3.05) is 20.7 Å². The van der Waals surface area contributed by atoms with E-state index in [1.807, 2.05) is 13.8 Å². The van der Waals surface area contributed by atoms with Gasteiger partial charge >= 0.3 is 5.97 Å². The molecule has 0 spiro atoms. The molecule has 1 unspecified atom stereocenters. The summed E-state index contributed by atoms with van der Waals surface area (Å²) in [6.07, 6.45) is 2.59. The smallest absolute Gasteiger partial charge is 0.310 e. The monoisotopic (exact) mass is 447 g/mol. The average Bonchev–Trinajstić information content (AvgIpc) is 3.34. The van der Waals surface area contributed by atoms with Crippen molar-refractivity contribution in [3.05, 3.63) is 22.2 Å². The summed E-state index contributed by atoms with van der Waals surface area (Å²) in [4.78, 5) is 11.7. The van der Waals surface area contributed by atoms with Crippen LogP contribution in [0.2, 0.25) is 0 Å². The first-order valence-electron chi connectivity index (χ1n) is 8.65. The number of halogens is 1. The Morgan fingerprint density at radius 3 is 2.42 bits per heavy atom. The maximum atomic E-state index is 12.8. The van der Waals surface area contributed by atoms with Gasteiger partial charge in [-0.2, -0.15) is 0 Å². The van der Waals surface area contributed by atoms with E-state index in [9.17, 15) is 18.3 Å². The van der Waals surface area contributed by atoms with E-state index in [-0.39, 0.29) is 16.6 Å². The Bertz CT molecular complexity index is 772. The van der Waals surface area contributed by atoms with Gasteiger partial charge in [0.15, 0.2) is 5.75 Å². The number of carbonyl (C=O) groups is 1. The summed E-state index contributed by atoms with van der Waals surface area (Å²) in [6, 6.07) is 3.11. The van der Waals surface area contributed by atoms with Gasteiger partial charge in [0.25, 0.3) is 0 Å². The molecule has 0 amide bonds. The van der Waals surface area contributed by atoms with Crippen LogP contribution in [0.15, 0.2) is 21.5 Å². The highest BCUT2D eigenvalue weighted by atomic mass is 79.9. The van der Waals surface area contributed by atoms with Crippen molar-refractivity contribution in [1.82, 2.24) is 4.31 Å². The molecule has 0 radical (unpaired) electrons. The highest BCUT2D eigenvalue weighted by Crippen LogP contribution is 2.40. The summed E-state index contributed by atoms with van der Waals surface area (Å²) in [5.41, 5.74) is 0.456. The summed E-state index contributed by atoms with van der Waals surface area (Å²) >= 11 is 3.39. The Balaban J connectivity index is 2.55. The predicted octanol–water partition coefficient (Wildman–Crippen LogP) is 3.70. The maximum absolute atomic E-state index is 12.8. The van der Waals surface area contributed by atoms with E-state index < -0.39 is 21.9 Å². The fraction of sp³-hybridized carbons (Fsp3) is 0.611. The second-order valence-corrected chi connectivity index (χ2v) is 10.4. The normalized spacial score (nSPS) is 16.1. The largest absolute Gasteiger partial charge is 0.491 e. The van der Waals surface area contributed by atoms with Gasteiger partial charge in [0.2, 0.25) is 10.0 Å². The molecule has 0 aliphatic heterocycles. The molecule has 0 heterocycles. The Hall–Kier alpha value is -1.12. The zero-order valence-corrected chi connectivity index (χ0v) is 17.9. The summed E-state index contributed by atoms with van der Waals surface area (Å²) in [5, 5.41) is 9.62. The third-order valence-electron chi connectivity index (χ3n) is 4.36. The van der Waals surface area contributed by atoms with Gasteiger partial charge < -0.3 is 9.84 Å². The number of carboxylic acids is 1. The fourth-order valence-corrected chi connectivity index (χ4v) is 4.46. The van der Waals surface area contributed by atoms with E-state index >= 15 is 0 Å². The molecule has 1 saturated carbocycles. The molecule has 1 N–H and O–H groups in total. The molecule has 1 aliphatic carbocycles. The number of carboxylic acid groups (broad SMARTS) is 1. The number of aliphatic carboxylic acids is 1. The minimum absolute atomic E-state index is 0.00234. The summed E-state index contributed by atoms with van der Waals surface area (Å²) in [7, 11) is -0.887. The van der Waals surface area contributed by atoms with Gasteiger partial charge in [-0.1, -0.05) is 13.8 Å². The molecule has 8 heteroatoms. The molecule has 1 fully saturated rings. The van der Waals surface area contributed by atoms with Crippen molar-refractivity contribution in [2.45, 2.75) is 43.9 Å². The van der Waals surface area contributed by atoms with Gasteiger partial charge in [-0.25, -0.2) is 12.7 Å². The van der Waals surface area contributed by atoms with E-state index in [0.717, 1.165) is 17.1 Å². The molecular weight excluding hydrogens is 422 g/mol. The molecule has 1 aromatic carbocycles. The lowest BCUT2D eigenvalue weighted by atomic mass is 9.90. The SMILES string of the molecule is CC(C)CC(C(=O)O)c1cc(Br)c(OCC2CC2)c(S(=O)(=O)N(C)C)c1. The summed E-state index contributed by atoms with van der Waals surface area (Å²) in [5.74, 6) is -0.868. The number of ether oxygens (including phenoxy) is 1. The minimum atomic E-state index is -3.78. The first-order chi connectivity index (χ1) is 12.0. The third kappa shape index (κ3) is 4.98. The molecule has 1 atom stereocenters. The van der Waals surface area contributed by atoms with E-state index in [4.69, 9.17) is 4.74 Å². The number of hydrogen-bond acceptors (Lipinski definition) is 4. The van der Waals surface area contributed by atoms with Crippen LogP contribution in [-0.2, 0) is 14.8 Å². The standard InChI is InChI=1S/C18H26BrNO5S/c1-11(2)7-14(18(21)22)13-8-15(19)17(25-10-12-5-6-12)16(9-13)26(23,24)20(3)4/h8-9,11-12,14H,5-7,10H2,1-4H3,(H,21,22). The lowest BCUT2D eigenvalue weighted by molar-refractivity contribution is -0.139. The van der Waals surface area contributed by atoms with Crippen LogP contribution in [0.3, 0.4) is 0 Å². The van der Waals surface area contributed by atoms with Crippen LogP contribution in [-0.4, -0.2) is 44.5 Å². The molecule has 6 nitrogen and oxygen atoms in total. The molecule has 1 aromatic rings. The first kappa shape index (κ1) is 21.2. The zero-order chi connectivity index (χ0) is 19.6. The molecule has 0 saturated heterocycles. The Kier molecular flexibility index (Phi) is 6.74. The van der Waals surface area contributed by atoms with Gasteiger partial charge in [-0.15, -0.1) is 0 Å². The minimum Gasteiger partial charge on any atom is -0.491 e. The molecule has 2 rings (SSSR count). The van der Waals surface area contributed by atoms with Gasteiger partial charge in [0, 0.05) is 14.1 Å². The van der Waals surface area contributed by atoms with Crippen LogP contribution in [0.1, 0.15) is 44.6 Å². The quantitative estimate of drug-likeness (QED) is 0.623. The average molecular weight is 448 g/mol. The highest BCUT2D eigenvalue weighted by molar-refractivity contribution is 9.10. The Morgan fingerprint density at radius 1 is 1.35 bits per heavy atom. The molecule has 1 aliphatic rings.